The van der Waals surface area contributed by atoms with Crippen molar-refractivity contribution in [1.29, 1.82) is 0 Å². The van der Waals surface area contributed by atoms with Gasteiger partial charge in [0, 0.05) is 0 Å². The van der Waals surface area contributed by atoms with Crippen LogP contribution in [0.4, 0.5) is 5.69 Å². The number of benzene rings is 3. The Kier molecular flexibility index (Phi) is 8.88. The number of thioether (sulfide) groups is 1. The third-order valence-corrected chi connectivity index (χ3v) is 7.13. The second-order valence-corrected chi connectivity index (χ2v) is 10.4. The van der Waals surface area contributed by atoms with Crippen molar-refractivity contribution in [3.8, 4) is 11.5 Å². The maximum atomic E-state index is 13.6. The molecular formula is C28H26IN3O4S. The number of aliphatic imine (C=N–C) groups is 1. The number of primary amides is 1. The molecule has 0 saturated carbocycles. The summed E-state index contributed by atoms with van der Waals surface area (Å²) in [5.41, 5.74) is 8.95. The van der Waals surface area contributed by atoms with Crippen LogP contribution in [-0.4, -0.2) is 35.1 Å². The average Bonchev–Trinajstić information content (AvgIpc) is 3.14. The Balaban J connectivity index is 1.70. The summed E-state index contributed by atoms with van der Waals surface area (Å²) < 4.78 is 12.1. The summed E-state index contributed by atoms with van der Waals surface area (Å²) in [5.74, 6) is 0.229. The number of nitrogens with two attached hydrogens (primary N) is 1. The maximum Gasteiger partial charge on any atom is 0.267 e. The van der Waals surface area contributed by atoms with E-state index in [0.717, 1.165) is 25.9 Å². The standard InChI is InChI=1S/C28H26IN3O4S/c1-3-35-23-14-20(13-22(29)26(23)36-17-25(30)33)15-24-27(34)32(16-19-7-5-4-6-8-19)28(37-24)31-21-11-9-18(2)10-12-21/h4-15H,3,16-17H2,1-2H3,(H2,30,33)/b24-15+,31-28?. The molecular weight excluding hydrogens is 601 g/mol. The van der Waals surface area contributed by atoms with Gasteiger partial charge in [0.15, 0.2) is 23.3 Å². The lowest BCUT2D eigenvalue weighted by atomic mass is 10.1. The van der Waals surface area contributed by atoms with Crippen LogP contribution in [0.15, 0.2) is 76.6 Å². The second kappa shape index (κ2) is 12.3. The Bertz CT molecular complexity index is 1360. The predicted octanol–water partition coefficient (Wildman–Crippen LogP) is 5.67. The molecule has 0 radical (unpaired) electrons. The SMILES string of the molecule is CCOc1cc(/C=C2/SC(=Nc3ccc(C)cc3)N(Cc3ccccc3)C2=O)cc(I)c1OCC(N)=O. The number of amides is 2. The van der Waals surface area contributed by atoms with E-state index >= 15 is 0 Å². The van der Waals surface area contributed by atoms with Crippen LogP contribution < -0.4 is 15.2 Å². The number of amidine groups is 1. The molecule has 3 aromatic rings. The number of carbonyl (C=O) groups excluding carboxylic acids is 2. The molecule has 1 fully saturated rings. The largest absolute Gasteiger partial charge is 0.490 e. The monoisotopic (exact) mass is 627 g/mol. The third kappa shape index (κ3) is 6.92. The van der Waals surface area contributed by atoms with Crippen molar-refractivity contribution in [2.75, 3.05) is 13.2 Å². The van der Waals surface area contributed by atoms with Gasteiger partial charge in [-0.25, -0.2) is 4.99 Å². The average molecular weight is 628 g/mol. The van der Waals surface area contributed by atoms with Crippen molar-refractivity contribution in [3.63, 3.8) is 0 Å². The molecule has 190 valence electrons. The molecule has 2 N–H and O–H groups in total. The quantitative estimate of drug-likeness (QED) is 0.244. The first-order valence-corrected chi connectivity index (χ1v) is 13.5. The summed E-state index contributed by atoms with van der Waals surface area (Å²) in [6.07, 6.45) is 1.82. The van der Waals surface area contributed by atoms with Gasteiger partial charge in [-0.05, 0) is 89.7 Å². The number of ether oxygens (including phenoxy) is 2. The van der Waals surface area contributed by atoms with Gasteiger partial charge >= 0.3 is 0 Å². The van der Waals surface area contributed by atoms with Crippen LogP contribution in [0.5, 0.6) is 11.5 Å². The summed E-state index contributed by atoms with van der Waals surface area (Å²) in [7, 11) is 0. The molecule has 1 saturated heterocycles. The minimum Gasteiger partial charge on any atom is -0.490 e. The first kappa shape index (κ1) is 26.7. The van der Waals surface area contributed by atoms with Crippen LogP contribution in [0.3, 0.4) is 0 Å². The first-order chi connectivity index (χ1) is 17.8. The van der Waals surface area contributed by atoms with Gasteiger partial charge in [0.25, 0.3) is 11.8 Å². The zero-order chi connectivity index (χ0) is 26.4. The van der Waals surface area contributed by atoms with Crippen molar-refractivity contribution in [2.24, 2.45) is 10.7 Å². The number of halogens is 1. The third-order valence-electron chi connectivity index (χ3n) is 5.32. The first-order valence-electron chi connectivity index (χ1n) is 11.6. The summed E-state index contributed by atoms with van der Waals surface area (Å²) in [6.45, 7) is 4.46. The lowest BCUT2D eigenvalue weighted by molar-refractivity contribution is -0.122. The summed E-state index contributed by atoms with van der Waals surface area (Å²) in [6, 6.07) is 21.4. The van der Waals surface area contributed by atoms with E-state index in [1.54, 1.807) is 11.0 Å². The van der Waals surface area contributed by atoms with Gasteiger partial charge in [-0.2, -0.15) is 0 Å². The maximum absolute atomic E-state index is 13.6. The van der Waals surface area contributed by atoms with Gasteiger partial charge in [0.2, 0.25) is 0 Å². The van der Waals surface area contributed by atoms with Crippen molar-refractivity contribution < 1.29 is 19.1 Å². The lowest BCUT2D eigenvalue weighted by Gasteiger charge is -2.16. The van der Waals surface area contributed by atoms with E-state index in [2.05, 4.69) is 22.6 Å². The van der Waals surface area contributed by atoms with Crippen LogP contribution in [0.2, 0.25) is 0 Å². The topological polar surface area (TPSA) is 94.2 Å². The molecule has 0 aromatic heterocycles. The van der Waals surface area contributed by atoms with E-state index in [-0.39, 0.29) is 12.5 Å². The van der Waals surface area contributed by atoms with E-state index in [9.17, 15) is 9.59 Å². The Morgan fingerprint density at radius 2 is 1.84 bits per heavy atom. The molecule has 37 heavy (non-hydrogen) atoms. The summed E-state index contributed by atoms with van der Waals surface area (Å²) >= 11 is 3.45. The normalized spacial score (nSPS) is 15.4. The highest BCUT2D eigenvalue weighted by Gasteiger charge is 2.33. The molecule has 3 aromatic carbocycles. The van der Waals surface area contributed by atoms with Crippen molar-refractivity contribution in [1.82, 2.24) is 4.90 Å². The Morgan fingerprint density at radius 1 is 1.11 bits per heavy atom. The number of hydrogen-bond acceptors (Lipinski definition) is 6. The summed E-state index contributed by atoms with van der Waals surface area (Å²) in [5, 5.41) is 0.616. The van der Waals surface area contributed by atoms with E-state index in [1.807, 2.05) is 80.6 Å². The van der Waals surface area contributed by atoms with E-state index in [1.165, 1.54) is 11.8 Å². The highest BCUT2D eigenvalue weighted by atomic mass is 127. The number of aryl methyl sites for hydroxylation is 1. The molecule has 7 nitrogen and oxygen atoms in total. The van der Waals surface area contributed by atoms with Gasteiger partial charge in [-0.3, -0.25) is 14.5 Å². The predicted molar refractivity (Wildman–Crippen MR) is 156 cm³/mol. The molecule has 1 aliphatic rings. The van der Waals surface area contributed by atoms with Crippen molar-refractivity contribution in [3.05, 3.63) is 91.9 Å². The lowest BCUT2D eigenvalue weighted by Crippen LogP contribution is -2.28. The summed E-state index contributed by atoms with van der Waals surface area (Å²) in [4.78, 5) is 31.8. The molecule has 0 aliphatic carbocycles. The minimum atomic E-state index is -0.573. The number of rotatable bonds is 9. The molecule has 4 rings (SSSR count). The second-order valence-electron chi connectivity index (χ2n) is 8.24. The molecule has 9 heteroatoms. The Hall–Kier alpha value is -3.31. The molecule has 1 heterocycles. The molecule has 0 unspecified atom stereocenters. The highest BCUT2D eigenvalue weighted by Crippen LogP contribution is 2.38. The van der Waals surface area contributed by atoms with Crippen LogP contribution in [-0.2, 0) is 16.1 Å². The Morgan fingerprint density at radius 3 is 2.51 bits per heavy atom. The van der Waals surface area contributed by atoms with Gasteiger partial charge in [0.1, 0.15) is 0 Å². The van der Waals surface area contributed by atoms with Crippen LogP contribution in [0.25, 0.3) is 6.08 Å². The van der Waals surface area contributed by atoms with E-state index in [0.29, 0.717) is 34.7 Å². The molecule has 0 spiro atoms. The van der Waals surface area contributed by atoms with Gasteiger partial charge in [-0.1, -0.05) is 48.0 Å². The minimum absolute atomic E-state index is 0.123. The smallest absolute Gasteiger partial charge is 0.267 e. The van der Waals surface area contributed by atoms with Gasteiger partial charge in [0.05, 0.1) is 27.3 Å². The zero-order valence-corrected chi connectivity index (χ0v) is 23.4. The van der Waals surface area contributed by atoms with Crippen molar-refractivity contribution in [2.45, 2.75) is 20.4 Å². The highest BCUT2D eigenvalue weighted by molar-refractivity contribution is 14.1. The molecule has 2 amide bonds. The van der Waals surface area contributed by atoms with Gasteiger partial charge < -0.3 is 15.2 Å². The Labute approximate surface area is 233 Å². The fourth-order valence-corrected chi connectivity index (χ4v) is 5.37. The number of carbonyl (C=O) groups is 2. The van der Waals surface area contributed by atoms with E-state index in [4.69, 9.17) is 20.2 Å². The number of hydrogen-bond donors (Lipinski definition) is 1. The molecule has 0 atom stereocenters. The zero-order valence-electron chi connectivity index (χ0n) is 20.4. The molecule has 1 aliphatic heterocycles. The van der Waals surface area contributed by atoms with Crippen molar-refractivity contribution >= 4 is 63.1 Å². The fraction of sp³-hybridized carbons (Fsp3) is 0.179. The van der Waals surface area contributed by atoms with Crippen LogP contribution >= 0.6 is 34.4 Å². The van der Waals surface area contributed by atoms with Crippen LogP contribution in [0.1, 0.15) is 23.6 Å². The fourth-order valence-electron chi connectivity index (χ4n) is 3.60. The van der Waals surface area contributed by atoms with Crippen LogP contribution in [0, 0.1) is 10.5 Å². The van der Waals surface area contributed by atoms with Gasteiger partial charge in [-0.15, -0.1) is 0 Å². The van der Waals surface area contributed by atoms with E-state index < -0.39 is 5.91 Å². The number of nitrogens with zero attached hydrogens (tertiary/aromatic N) is 2. The molecule has 0 bridgehead atoms.